The summed E-state index contributed by atoms with van der Waals surface area (Å²) in [5.41, 5.74) is 0. The maximum Gasteiger partial charge on any atom is 0.00984 e. The van der Waals surface area contributed by atoms with Crippen molar-refractivity contribution in [2.45, 2.75) is 58.9 Å². The van der Waals surface area contributed by atoms with Crippen molar-refractivity contribution in [3.8, 4) is 0 Å². The number of nitrogens with zero attached hydrogens (tertiary/aromatic N) is 1. The second-order valence-corrected chi connectivity index (χ2v) is 4.15. The normalized spacial score (nSPS) is 33.5. The number of hydrogen-bond acceptors (Lipinski definition) is 1. The third-order valence-electron chi connectivity index (χ3n) is 3.42. The first-order valence-electron chi connectivity index (χ1n) is 6.14. The third-order valence-corrected chi connectivity index (χ3v) is 3.42. The van der Waals surface area contributed by atoms with Crippen molar-refractivity contribution in [2.75, 3.05) is 13.1 Å². The van der Waals surface area contributed by atoms with Gasteiger partial charge in [0.15, 0.2) is 0 Å². The first-order valence-corrected chi connectivity index (χ1v) is 6.14. The molecule has 2 atom stereocenters. The highest BCUT2D eigenvalue weighted by Crippen LogP contribution is 2.31. The summed E-state index contributed by atoms with van der Waals surface area (Å²) < 4.78 is 0. The van der Waals surface area contributed by atoms with Gasteiger partial charge in [0, 0.05) is 12.6 Å². The molecule has 2 aliphatic rings. The molecule has 2 unspecified atom stereocenters. The highest BCUT2D eigenvalue weighted by atomic mass is 15.2. The lowest BCUT2D eigenvalue weighted by molar-refractivity contribution is 0.196. The lowest BCUT2D eigenvalue weighted by Crippen LogP contribution is -2.33. The first-order chi connectivity index (χ1) is 6.40. The van der Waals surface area contributed by atoms with Gasteiger partial charge in [0.25, 0.3) is 0 Å². The topological polar surface area (TPSA) is 3.24 Å². The standard InChI is InChI=1S/C10H19N.C2H6/c1-2-9-7-10-5-3-4-6-11(10)8-9;1-2/h9-10H,2-8H2,1H3;1-2H3. The van der Waals surface area contributed by atoms with Crippen LogP contribution in [0.2, 0.25) is 0 Å². The molecule has 2 fully saturated rings. The molecule has 0 bridgehead atoms. The van der Waals surface area contributed by atoms with Crippen LogP contribution in [0.5, 0.6) is 0 Å². The fourth-order valence-corrected chi connectivity index (χ4v) is 2.65. The van der Waals surface area contributed by atoms with Crippen LogP contribution < -0.4 is 0 Å². The molecule has 0 N–H and O–H groups in total. The zero-order chi connectivity index (χ0) is 9.68. The van der Waals surface area contributed by atoms with Crippen molar-refractivity contribution < 1.29 is 0 Å². The van der Waals surface area contributed by atoms with Gasteiger partial charge in [0.2, 0.25) is 0 Å². The highest BCUT2D eigenvalue weighted by molar-refractivity contribution is 4.86. The molecule has 0 aromatic heterocycles. The van der Waals surface area contributed by atoms with Crippen LogP contribution in [0.25, 0.3) is 0 Å². The number of rotatable bonds is 1. The minimum atomic E-state index is 0.980. The number of piperidine rings is 1. The summed E-state index contributed by atoms with van der Waals surface area (Å²) in [6.45, 7) is 9.13. The van der Waals surface area contributed by atoms with Gasteiger partial charge in [-0.05, 0) is 31.7 Å². The second kappa shape index (κ2) is 5.64. The predicted octanol–water partition coefficient (Wildman–Crippen LogP) is 3.30. The Labute approximate surface area is 83.5 Å². The highest BCUT2D eigenvalue weighted by Gasteiger charge is 2.31. The molecule has 13 heavy (non-hydrogen) atoms. The molecule has 2 heterocycles. The maximum absolute atomic E-state index is 2.72. The molecule has 2 aliphatic heterocycles. The van der Waals surface area contributed by atoms with E-state index < -0.39 is 0 Å². The molecule has 1 heteroatoms. The average molecular weight is 183 g/mol. The number of fused-ring (bicyclic) bond motifs is 1. The Balaban J connectivity index is 0.000000396. The molecule has 0 radical (unpaired) electrons. The smallest absolute Gasteiger partial charge is 0.00984 e. The van der Waals surface area contributed by atoms with Crippen LogP contribution in [0.3, 0.4) is 0 Å². The molecule has 0 saturated carbocycles. The van der Waals surface area contributed by atoms with E-state index in [4.69, 9.17) is 0 Å². The van der Waals surface area contributed by atoms with E-state index in [2.05, 4.69) is 11.8 Å². The van der Waals surface area contributed by atoms with Gasteiger partial charge in [-0.2, -0.15) is 0 Å². The molecule has 0 spiro atoms. The summed E-state index contributed by atoms with van der Waals surface area (Å²) >= 11 is 0. The quantitative estimate of drug-likeness (QED) is 0.603. The van der Waals surface area contributed by atoms with Crippen LogP contribution in [0.4, 0.5) is 0 Å². The van der Waals surface area contributed by atoms with Gasteiger partial charge in [0.05, 0.1) is 0 Å². The Bertz CT molecular complexity index is 119. The Morgan fingerprint density at radius 1 is 1.23 bits per heavy atom. The summed E-state index contributed by atoms with van der Waals surface area (Å²) in [5.74, 6) is 1.03. The monoisotopic (exact) mass is 183 g/mol. The average Bonchev–Trinajstić information content (AvgIpc) is 2.63. The molecular formula is C12H25N. The minimum Gasteiger partial charge on any atom is -0.300 e. The molecule has 0 aromatic rings. The first kappa shape index (κ1) is 11.0. The van der Waals surface area contributed by atoms with Crippen LogP contribution in [0.1, 0.15) is 52.9 Å². The van der Waals surface area contributed by atoms with Crippen LogP contribution in [-0.4, -0.2) is 24.0 Å². The van der Waals surface area contributed by atoms with Crippen LogP contribution >= 0.6 is 0 Å². The lowest BCUT2D eigenvalue weighted by atomic mass is 9.98. The largest absolute Gasteiger partial charge is 0.300 e. The molecule has 0 amide bonds. The fraction of sp³-hybridized carbons (Fsp3) is 1.00. The molecule has 0 aliphatic carbocycles. The third kappa shape index (κ3) is 2.70. The van der Waals surface area contributed by atoms with E-state index in [0.717, 1.165) is 12.0 Å². The Hall–Kier alpha value is -0.0400. The van der Waals surface area contributed by atoms with Gasteiger partial charge in [0.1, 0.15) is 0 Å². The molecular weight excluding hydrogens is 158 g/mol. The van der Waals surface area contributed by atoms with Crippen molar-refractivity contribution in [3.05, 3.63) is 0 Å². The Morgan fingerprint density at radius 3 is 2.62 bits per heavy atom. The van der Waals surface area contributed by atoms with Gasteiger partial charge in [-0.3, -0.25) is 0 Å². The zero-order valence-corrected chi connectivity index (χ0v) is 9.55. The van der Waals surface area contributed by atoms with Crippen molar-refractivity contribution >= 4 is 0 Å². The molecule has 0 aromatic carbocycles. The van der Waals surface area contributed by atoms with Gasteiger partial charge >= 0.3 is 0 Å². The SMILES string of the molecule is CC.CCC1CC2CCCCN2C1. The summed E-state index contributed by atoms with van der Waals surface area (Å²) in [6.07, 6.45) is 7.31. The van der Waals surface area contributed by atoms with Crippen LogP contribution in [0, 0.1) is 5.92 Å². The van der Waals surface area contributed by atoms with E-state index in [1.807, 2.05) is 13.8 Å². The zero-order valence-electron chi connectivity index (χ0n) is 9.55. The van der Waals surface area contributed by atoms with E-state index in [1.54, 1.807) is 0 Å². The van der Waals surface area contributed by atoms with Crippen molar-refractivity contribution in [3.63, 3.8) is 0 Å². The second-order valence-electron chi connectivity index (χ2n) is 4.15. The van der Waals surface area contributed by atoms with Gasteiger partial charge in [-0.25, -0.2) is 0 Å². The van der Waals surface area contributed by atoms with Gasteiger partial charge < -0.3 is 4.90 Å². The van der Waals surface area contributed by atoms with Crippen molar-refractivity contribution in [2.24, 2.45) is 5.92 Å². The van der Waals surface area contributed by atoms with E-state index in [-0.39, 0.29) is 0 Å². The van der Waals surface area contributed by atoms with Gasteiger partial charge in [-0.15, -0.1) is 0 Å². The lowest BCUT2D eigenvalue weighted by Gasteiger charge is -2.28. The van der Waals surface area contributed by atoms with Crippen molar-refractivity contribution in [1.29, 1.82) is 0 Å². The Kier molecular flexibility index (Phi) is 4.79. The van der Waals surface area contributed by atoms with E-state index in [9.17, 15) is 0 Å². The summed E-state index contributed by atoms with van der Waals surface area (Å²) in [4.78, 5) is 2.72. The molecule has 78 valence electrons. The fourth-order valence-electron chi connectivity index (χ4n) is 2.65. The van der Waals surface area contributed by atoms with E-state index in [0.29, 0.717) is 0 Å². The van der Waals surface area contributed by atoms with Gasteiger partial charge in [-0.1, -0.05) is 33.6 Å². The van der Waals surface area contributed by atoms with Crippen molar-refractivity contribution in [1.82, 2.24) is 4.90 Å². The molecule has 2 saturated heterocycles. The minimum absolute atomic E-state index is 0.980. The summed E-state index contributed by atoms with van der Waals surface area (Å²) in [6, 6.07) is 0.980. The Morgan fingerprint density at radius 2 is 2.00 bits per heavy atom. The van der Waals surface area contributed by atoms with Crippen LogP contribution in [-0.2, 0) is 0 Å². The summed E-state index contributed by atoms with van der Waals surface area (Å²) in [5, 5.41) is 0. The summed E-state index contributed by atoms with van der Waals surface area (Å²) in [7, 11) is 0. The predicted molar refractivity (Wildman–Crippen MR) is 59.0 cm³/mol. The van der Waals surface area contributed by atoms with E-state index >= 15 is 0 Å². The molecule has 1 nitrogen and oxygen atoms in total. The van der Waals surface area contributed by atoms with E-state index in [1.165, 1.54) is 45.2 Å². The maximum atomic E-state index is 2.72. The number of hydrogen-bond donors (Lipinski definition) is 0. The van der Waals surface area contributed by atoms with Crippen LogP contribution in [0.15, 0.2) is 0 Å². The molecule has 2 rings (SSSR count).